The molecule has 0 saturated carbocycles. The van der Waals surface area contributed by atoms with Crippen molar-refractivity contribution in [2.24, 2.45) is 0 Å². The van der Waals surface area contributed by atoms with Crippen LogP contribution in [0.25, 0.3) is 0 Å². The third-order valence-corrected chi connectivity index (χ3v) is 2.69. The van der Waals surface area contributed by atoms with Crippen molar-refractivity contribution in [3.8, 4) is 5.75 Å². The van der Waals surface area contributed by atoms with Crippen LogP contribution in [0.1, 0.15) is 48.8 Å². The molecule has 6 heteroatoms. The van der Waals surface area contributed by atoms with Crippen LogP contribution in [-0.2, 0) is 6.61 Å². The summed E-state index contributed by atoms with van der Waals surface area (Å²) in [5.41, 5.74) is 0.301. The van der Waals surface area contributed by atoms with Crippen LogP contribution in [0.4, 0.5) is 4.39 Å². The topological polar surface area (TPSA) is 65.2 Å². The number of carbonyl (C=O) groups excluding carboxylic acids is 1. The number of rotatable bonds is 5. The quantitative estimate of drug-likeness (QED) is 0.786. The average Bonchev–Trinajstić information content (AvgIpc) is 2.86. The minimum Gasteiger partial charge on any atom is -0.481 e. The van der Waals surface area contributed by atoms with Crippen LogP contribution >= 0.6 is 0 Å². The maximum Gasteiger partial charge on any atom is 0.264 e. The molecule has 0 radical (unpaired) electrons. The first kappa shape index (κ1) is 14.2. The Labute approximate surface area is 115 Å². The van der Waals surface area contributed by atoms with E-state index < -0.39 is 5.82 Å². The number of ether oxygens (including phenoxy) is 1. The van der Waals surface area contributed by atoms with Gasteiger partial charge >= 0.3 is 0 Å². The molecular weight excluding hydrogens is 263 g/mol. The summed E-state index contributed by atoms with van der Waals surface area (Å²) in [7, 11) is 0. The molecule has 2 rings (SSSR count). The summed E-state index contributed by atoms with van der Waals surface area (Å²) in [5.74, 6) is 0.258. The highest BCUT2D eigenvalue weighted by molar-refractivity contribution is 5.94. The summed E-state index contributed by atoms with van der Waals surface area (Å²) in [6.45, 7) is 5.24. The number of Topliss-reactive ketones (excluding diaryl/α,β-unsaturated/α-hetero) is 1. The molecule has 0 saturated heterocycles. The van der Waals surface area contributed by atoms with E-state index in [1.165, 1.54) is 19.1 Å². The van der Waals surface area contributed by atoms with Crippen molar-refractivity contribution in [3.05, 3.63) is 41.3 Å². The van der Waals surface area contributed by atoms with E-state index in [2.05, 4.69) is 10.1 Å². The van der Waals surface area contributed by atoms with Gasteiger partial charge in [-0.15, -0.1) is 0 Å². The molecule has 0 spiro atoms. The Morgan fingerprint density at radius 1 is 1.45 bits per heavy atom. The number of hydrogen-bond donors (Lipinski definition) is 0. The van der Waals surface area contributed by atoms with Gasteiger partial charge in [-0.1, -0.05) is 19.0 Å². The monoisotopic (exact) mass is 278 g/mol. The summed E-state index contributed by atoms with van der Waals surface area (Å²) in [6.07, 6.45) is 0. The molecule has 20 heavy (non-hydrogen) atoms. The van der Waals surface area contributed by atoms with Crippen LogP contribution in [0.3, 0.4) is 0 Å². The number of halogens is 1. The second-order valence-corrected chi connectivity index (χ2v) is 4.69. The van der Waals surface area contributed by atoms with E-state index in [9.17, 15) is 9.18 Å². The van der Waals surface area contributed by atoms with E-state index >= 15 is 0 Å². The van der Waals surface area contributed by atoms with Crippen molar-refractivity contribution in [1.82, 2.24) is 10.1 Å². The largest absolute Gasteiger partial charge is 0.481 e. The molecule has 106 valence electrons. The fourth-order valence-corrected chi connectivity index (χ4v) is 1.54. The van der Waals surface area contributed by atoms with Gasteiger partial charge in [0.15, 0.2) is 29.8 Å². The number of aromatic nitrogens is 2. The van der Waals surface area contributed by atoms with Crippen LogP contribution < -0.4 is 4.74 Å². The van der Waals surface area contributed by atoms with Crippen LogP contribution in [-0.4, -0.2) is 15.9 Å². The van der Waals surface area contributed by atoms with Crippen LogP contribution in [0, 0.1) is 5.82 Å². The fourth-order valence-electron chi connectivity index (χ4n) is 1.54. The summed E-state index contributed by atoms with van der Waals surface area (Å²) in [4.78, 5) is 15.2. The predicted molar refractivity (Wildman–Crippen MR) is 69.1 cm³/mol. The number of benzene rings is 1. The lowest BCUT2D eigenvalue weighted by molar-refractivity contribution is 0.101. The van der Waals surface area contributed by atoms with Crippen molar-refractivity contribution < 1.29 is 18.4 Å². The van der Waals surface area contributed by atoms with Gasteiger partial charge in [0.25, 0.3) is 5.89 Å². The zero-order chi connectivity index (χ0) is 14.7. The third-order valence-electron chi connectivity index (χ3n) is 2.69. The van der Waals surface area contributed by atoms with Gasteiger partial charge in [-0.05, 0) is 25.1 Å². The van der Waals surface area contributed by atoms with Crippen molar-refractivity contribution in [3.63, 3.8) is 0 Å². The molecule has 1 heterocycles. The molecule has 0 N–H and O–H groups in total. The maximum atomic E-state index is 13.7. The van der Waals surface area contributed by atoms with Gasteiger partial charge in [0.1, 0.15) is 0 Å². The molecule has 5 nitrogen and oxygen atoms in total. The van der Waals surface area contributed by atoms with Crippen LogP contribution in [0.5, 0.6) is 5.75 Å². The van der Waals surface area contributed by atoms with Crippen LogP contribution in [0.15, 0.2) is 22.7 Å². The lowest BCUT2D eigenvalue weighted by Gasteiger charge is -2.05. The van der Waals surface area contributed by atoms with E-state index in [1.54, 1.807) is 0 Å². The normalized spacial score (nSPS) is 10.8. The zero-order valence-corrected chi connectivity index (χ0v) is 11.5. The smallest absolute Gasteiger partial charge is 0.264 e. The highest BCUT2D eigenvalue weighted by Crippen LogP contribution is 2.20. The molecule has 0 bridgehead atoms. The van der Waals surface area contributed by atoms with E-state index in [-0.39, 0.29) is 29.9 Å². The number of nitrogens with zero attached hydrogens (tertiary/aromatic N) is 2. The van der Waals surface area contributed by atoms with Gasteiger partial charge in [-0.25, -0.2) is 4.39 Å². The van der Waals surface area contributed by atoms with Crippen molar-refractivity contribution in [2.45, 2.75) is 33.3 Å². The van der Waals surface area contributed by atoms with Gasteiger partial charge < -0.3 is 9.26 Å². The number of ketones is 1. The Balaban J connectivity index is 2.05. The van der Waals surface area contributed by atoms with Crippen molar-refractivity contribution in [2.75, 3.05) is 0 Å². The summed E-state index contributed by atoms with van der Waals surface area (Å²) in [5, 5.41) is 3.78. The minimum atomic E-state index is -0.596. The lowest BCUT2D eigenvalue weighted by Crippen LogP contribution is -2.00. The highest BCUT2D eigenvalue weighted by atomic mass is 19.1. The average molecular weight is 278 g/mol. The highest BCUT2D eigenvalue weighted by Gasteiger charge is 2.12. The second kappa shape index (κ2) is 5.81. The third kappa shape index (κ3) is 3.20. The molecule has 0 aliphatic rings. The van der Waals surface area contributed by atoms with Gasteiger partial charge in [0, 0.05) is 11.5 Å². The minimum absolute atomic E-state index is 0.0178. The molecule has 1 aromatic carbocycles. The van der Waals surface area contributed by atoms with Gasteiger partial charge in [0.2, 0.25) is 0 Å². The van der Waals surface area contributed by atoms with E-state index in [4.69, 9.17) is 9.26 Å². The summed E-state index contributed by atoms with van der Waals surface area (Å²) < 4.78 is 24.0. The van der Waals surface area contributed by atoms with Gasteiger partial charge in [-0.2, -0.15) is 4.98 Å². The van der Waals surface area contributed by atoms with Crippen molar-refractivity contribution >= 4 is 5.78 Å². The SMILES string of the molecule is CC(=O)c1ccc(OCc2nc(C(C)C)no2)c(F)c1. The number of hydrogen-bond acceptors (Lipinski definition) is 5. The molecule has 0 atom stereocenters. The van der Waals surface area contributed by atoms with E-state index in [0.717, 1.165) is 6.07 Å². The first-order valence-electron chi connectivity index (χ1n) is 6.23. The molecule has 2 aromatic rings. The summed E-state index contributed by atoms with van der Waals surface area (Å²) >= 11 is 0. The molecule has 0 aliphatic heterocycles. The molecular formula is C14H15FN2O3. The van der Waals surface area contributed by atoms with Gasteiger partial charge in [-0.3, -0.25) is 4.79 Å². The molecule has 0 fully saturated rings. The Kier molecular flexibility index (Phi) is 4.12. The second-order valence-electron chi connectivity index (χ2n) is 4.69. The molecule has 1 aromatic heterocycles. The first-order chi connectivity index (χ1) is 9.47. The first-order valence-corrected chi connectivity index (χ1v) is 6.23. The fraction of sp³-hybridized carbons (Fsp3) is 0.357. The van der Waals surface area contributed by atoms with E-state index in [0.29, 0.717) is 11.4 Å². The number of carbonyl (C=O) groups is 1. The molecule has 0 unspecified atom stereocenters. The Morgan fingerprint density at radius 2 is 2.20 bits per heavy atom. The van der Waals surface area contributed by atoms with Crippen LogP contribution in [0.2, 0.25) is 0 Å². The maximum absolute atomic E-state index is 13.7. The summed E-state index contributed by atoms with van der Waals surface area (Å²) in [6, 6.07) is 4.06. The zero-order valence-electron chi connectivity index (χ0n) is 11.5. The Bertz CT molecular complexity index is 623. The Hall–Kier alpha value is -2.24. The van der Waals surface area contributed by atoms with Crippen molar-refractivity contribution in [1.29, 1.82) is 0 Å². The molecule has 0 aliphatic carbocycles. The lowest BCUT2D eigenvalue weighted by atomic mass is 10.1. The standard InChI is InChI=1S/C14H15FN2O3/c1-8(2)14-16-13(20-17-14)7-19-12-5-4-10(9(3)18)6-11(12)15/h4-6,8H,7H2,1-3H3. The molecule has 0 amide bonds. The Morgan fingerprint density at radius 3 is 2.75 bits per heavy atom. The van der Waals surface area contributed by atoms with E-state index in [1.807, 2.05) is 13.8 Å². The predicted octanol–water partition coefficient (Wildman–Crippen LogP) is 3.11. The van der Waals surface area contributed by atoms with Gasteiger partial charge in [0.05, 0.1) is 0 Å².